The third kappa shape index (κ3) is 3.41. The van der Waals surface area contributed by atoms with Gasteiger partial charge in [0.25, 0.3) is 0 Å². The van der Waals surface area contributed by atoms with Crippen LogP contribution < -0.4 is 5.32 Å². The van der Waals surface area contributed by atoms with Crippen LogP contribution in [0.2, 0.25) is 10.0 Å². The van der Waals surface area contributed by atoms with Gasteiger partial charge in [-0.15, -0.1) is 11.3 Å². The molecule has 19 heavy (non-hydrogen) atoms. The Labute approximate surface area is 124 Å². The Bertz CT molecular complexity index is 612. The lowest BCUT2D eigenvalue weighted by Crippen LogP contribution is -2.19. The third-order valence-electron chi connectivity index (χ3n) is 2.51. The molecule has 0 aliphatic carbocycles. The number of benzene rings is 1. The number of carboxylic acids is 1. The number of hydrogen-bond acceptors (Lipinski definition) is 3. The molecule has 6 heteroatoms. The Balaban J connectivity index is 2.29. The number of anilines is 1. The quantitative estimate of drug-likeness (QED) is 0.866. The highest BCUT2D eigenvalue weighted by molar-refractivity contribution is 7.10. The molecule has 1 heterocycles. The van der Waals surface area contributed by atoms with Crippen LogP contribution in [0.3, 0.4) is 0 Å². The van der Waals surface area contributed by atoms with Crippen molar-refractivity contribution in [2.24, 2.45) is 0 Å². The van der Waals surface area contributed by atoms with Crippen molar-refractivity contribution < 1.29 is 9.90 Å². The minimum Gasteiger partial charge on any atom is -0.479 e. The van der Waals surface area contributed by atoms with Gasteiger partial charge in [0.2, 0.25) is 0 Å². The Kier molecular flexibility index (Phi) is 4.34. The number of thiophene rings is 1. The minimum absolute atomic E-state index is 0.395. The summed E-state index contributed by atoms with van der Waals surface area (Å²) in [5.74, 6) is -0.951. The molecule has 0 radical (unpaired) electrons. The molecule has 0 spiro atoms. The molecule has 0 fully saturated rings. The molecule has 2 N–H and O–H groups in total. The molecule has 0 saturated heterocycles. The van der Waals surface area contributed by atoms with Crippen molar-refractivity contribution in [1.29, 1.82) is 0 Å². The van der Waals surface area contributed by atoms with Crippen LogP contribution >= 0.6 is 34.5 Å². The van der Waals surface area contributed by atoms with Crippen LogP contribution in [-0.2, 0) is 4.79 Å². The SMILES string of the molecule is Cc1csc(C(Nc2ccc(Cl)cc2Cl)C(=O)O)c1. The van der Waals surface area contributed by atoms with E-state index in [-0.39, 0.29) is 0 Å². The lowest BCUT2D eigenvalue weighted by Gasteiger charge is -2.15. The molecule has 1 aromatic carbocycles. The van der Waals surface area contributed by atoms with Gasteiger partial charge in [-0.3, -0.25) is 0 Å². The van der Waals surface area contributed by atoms with Gasteiger partial charge in [-0.05, 0) is 42.1 Å². The Morgan fingerprint density at radius 2 is 2.11 bits per heavy atom. The number of rotatable bonds is 4. The van der Waals surface area contributed by atoms with Gasteiger partial charge in [0.05, 0.1) is 10.7 Å². The molecular formula is C13H11Cl2NO2S. The lowest BCUT2D eigenvalue weighted by atomic mass is 10.2. The number of carboxylic acid groups (broad SMARTS) is 1. The van der Waals surface area contributed by atoms with Crippen LogP contribution in [-0.4, -0.2) is 11.1 Å². The molecule has 2 rings (SSSR count). The molecule has 2 aromatic rings. The van der Waals surface area contributed by atoms with Crippen molar-refractivity contribution in [3.8, 4) is 0 Å². The van der Waals surface area contributed by atoms with Crippen molar-refractivity contribution in [1.82, 2.24) is 0 Å². The largest absolute Gasteiger partial charge is 0.479 e. The summed E-state index contributed by atoms with van der Waals surface area (Å²) in [6.07, 6.45) is 0. The average molecular weight is 316 g/mol. The Morgan fingerprint density at radius 3 is 2.63 bits per heavy atom. The molecule has 100 valence electrons. The molecule has 0 bridgehead atoms. The van der Waals surface area contributed by atoms with E-state index in [0.29, 0.717) is 15.7 Å². The first-order valence-corrected chi connectivity index (χ1v) is 7.10. The fourth-order valence-corrected chi connectivity index (χ4v) is 3.02. The zero-order valence-electron chi connectivity index (χ0n) is 9.98. The second-order valence-electron chi connectivity index (χ2n) is 4.07. The van der Waals surface area contributed by atoms with E-state index in [1.54, 1.807) is 18.2 Å². The predicted molar refractivity (Wildman–Crippen MR) is 79.5 cm³/mol. The summed E-state index contributed by atoms with van der Waals surface area (Å²) >= 11 is 13.2. The molecule has 3 nitrogen and oxygen atoms in total. The van der Waals surface area contributed by atoms with Crippen molar-refractivity contribution in [2.45, 2.75) is 13.0 Å². The van der Waals surface area contributed by atoms with E-state index < -0.39 is 12.0 Å². The maximum atomic E-state index is 11.4. The van der Waals surface area contributed by atoms with E-state index in [2.05, 4.69) is 5.32 Å². The summed E-state index contributed by atoms with van der Waals surface area (Å²) in [5, 5.41) is 15.1. The lowest BCUT2D eigenvalue weighted by molar-refractivity contribution is -0.138. The summed E-state index contributed by atoms with van der Waals surface area (Å²) in [6.45, 7) is 1.92. The number of carbonyl (C=O) groups is 1. The molecule has 0 aliphatic heterocycles. The summed E-state index contributed by atoms with van der Waals surface area (Å²) in [4.78, 5) is 12.1. The summed E-state index contributed by atoms with van der Waals surface area (Å²) < 4.78 is 0. The highest BCUT2D eigenvalue weighted by atomic mass is 35.5. The fraction of sp³-hybridized carbons (Fsp3) is 0.154. The van der Waals surface area contributed by atoms with Gasteiger partial charge >= 0.3 is 5.97 Å². The van der Waals surface area contributed by atoms with Crippen molar-refractivity contribution in [3.63, 3.8) is 0 Å². The third-order valence-corrected chi connectivity index (χ3v) is 4.18. The molecule has 0 aliphatic rings. The first kappa shape index (κ1) is 14.2. The smallest absolute Gasteiger partial charge is 0.331 e. The predicted octanol–water partition coefficient (Wildman–Crippen LogP) is 4.60. The number of nitrogens with one attached hydrogen (secondary N) is 1. The van der Waals surface area contributed by atoms with Crippen LogP contribution in [0.4, 0.5) is 5.69 Å². The molecule has 1 aromatic heterocycles. The van der Waals surface area contributed by atoms with Crippen LogP contribution in [0.25, 0.3) is 0 Å². The first-order valence-electron chi connectivity index (χ1n) is 5.47. The molecule has 0 saturated carbocycles. The van der Waals surface area contributed by atoms with Crippen LogP contribution in [0.1, 0.15) is 16.5 Å². The van der Waals surface area contributed by atoms with Gasteiger partial charge in [-0.2, -0.15) is 0 Å². The molecule has 1 unspecified atom stereocenters. The van der Waals surface area contributed by atoms with Crippen molar-refractivity contribution in [2.75, 3.05) is 5.32 Å². The van der Waals surface area contributed by atoms with Crippen LogP contribution in [0.15, 0.2) is 29.6 Å². The minimum atomic E-state index is -0.951. The van der Waals surface area contributed by atoms with Crippen LogP contribution in [0, 0.1) is 6.92 Å². The number of halogens is 2. The van der Waals surface area contributed by atoms with Crippen LogP contribution in [0.5, 0.6) is 0 Å². The standard InChI is InChI=1S/C13H11Cl2NO2S/c1-7-4-11(19-6-7)12(13(17)18)16-10-3-2-8(14)5-9(10)15/h2-6,12,16H,1H3,(H,17,18). The zero-order chi connectivity index (χ0) is 14.0. The molecular weight excluding hydrogens is 305 g/mol. The van der Waals surface area contributed by atoms with E-state index in [9.17, 15) is 9.90 Å². The summed E-state index contributed by atoms with van der Waals surface area (Å²) in [5.41, 5.74) is 1.58. The zero-order valence-corrected chi connectivity index (χ0v) is 12.3. The van der Waals surface area contributed by atoms with Gasteiger partial charge in [-0.25, -0.2) is 4.79 Å². The van der Waals surface area contributed by atoms with E-state index in [1.165, 1.54) is 11.3 Å². The van der Waals surface area contributed by atoms with Gasteiger partial charge in [-0.1, -0.05) is 23.2 Å². The van der Waals surface area contributed by atoms with Gasteiger partial charge < -0.3 is 10.4 Å². The Morgan fingerprint density at radius 1 is 1.37 bits per heavy atom. The highest BCUT2D eigenvalue weighted by Gasteiger charge is 2.22. The van der Waals surface area contributed by atoms with Gasteiger partial charge in [0.15, 0.2) is 6.04 Å². The van der Waals surface area contributed by atoms with Gasteiger partial charge in [0.1, 0.15) is 0 Å². The van der Waals surface area contributed by atoms with E-state index in [1.807, 2.05) is 18.4 Å². The number of hydrogen-bond donors (Lipinski definition) is 2. The first-order chi connectivity index (χ1) is 8.97. The molecule has 0 amide bonds. The topological polar surface area (TPSA) is 49.3 Å². The van der Waals surface area contributed by atoms with E-state index >= 15 is 0 Å². The number of aryl methyl sites for hydroxylation is 1. The summed E-state index contributed by atoms with van der Waals surface area (Å²) in [6, 6.07) is 5.93. The second-order valence-corrected chi connectivity index (χ2v) is 5.85. The average Bonchev–Trinajstić information content (AvgIpc) is 2.74. The maximum Gasteiger partial charge on any atom is 0.331 e. The summed E-state index contributed by atoms with van der Waals surface area (Å²) in [7, 11) is 0. The highest BCUT2D eigenvalue weighted by Crippen LogP contribution is 2.31. The fourth-order valence-electron chi connectivity index (χ4n) is 1.62. The van der Waals surface area contributed by atoms with Gasteiger partial charge in [0, 0.05) is 9.90 Å². The van der Waals surface area contributed by atoms with Crippen molar-refractivity contribution >= 4 is 46.2 Å². The number of aliphatic carboxylic acids is 1. The van der Waals surface area contributed by atoms with E-state index in [4.69, 9.17) is 23.2 Å². The monoisotopic (exact) mass is 315 g/mol. The maximum absolute atomic E-state index is 11.4. The second kappa shape index (κ2) is 5.82. The van der Waals surface area contributed by atoms with E-state index in [0.717, 1.165) is 10.4 Å². The normalized spacial score (nSPS) is 12.2. The Hall–Kier alpha value is -1.23. The van der Waals surface area contributed by atoms with Crippen molar-refractivity contribution in [3.05, 3.63) is 50.1 Å². The molecule has 1 atom stereocenters.